The number of aryl methyl sites for hydroxylation is 6. The van der Waals surface area contributed by atoms with Crippen LogP contribution in [0.4, 0.5) is 0 Å². The third-order valence-electron chi connectivity index (χ3n) is 15.0. The van der Waals surface area contributed by atoms with Gasteiger partial charge in [0, 0.05) is 86.7 Å². The van der Waals surface area contributed by atoms with E-state index in [-0.39, 0.29) is 28.7 Å². The molecule has 0 aliphatic carbocycles. The maximum absolute atomic E-state index is 9.73. The molecule has 0 bridgehead atoms. The minimum absolute atomic E-state index is 0. The lowest BCUT2D eigenvalue weighted by molar-refractivity contribution is 0.393. The predicted octanol–water partition coefficient (Wildman–Crippen LogP) is 19.2. The fourth-order valence-corrected chi connectivity index (χ4v) is 14.2. The molecule has 436 valence electrons. The lowest BCUT2D eigenvalue weighted by atomic mass is 9.65. The van der Waals surface area contributed by atoms with Crippen LogP contribution in [-0.2, 0) is 42.1 Å². The second-order valence-corrected chi connectivity index (χ2v) is 29.1. The van der Waals surface area contributed by atoms with Gasteiger partial charge in [-0.2, -0.15) is 0 Å². The first-order valence-corrected chi connectivity index (χ1v) is 32.0. The Kier molecular flexibility index (Phi) is 20.3. The molecule has 0 radical (unpaired) electrons. The number of hydrogen-bond donors (Lipinski definition) is 1. The van der Waals surface area contributed by atoms with Crippen LogP contribution in [0.2, 0.25) is 0 Å². The lowest BCUT2D eigenvalue weighted by Crippen LogP contribution is -2.46. The van der Waals surface area contributed by atoms with E-state index in [4.69, 9.17) is 29.9 Å². The first kappa shape index (κ1) is 63.9. The zero-order valence-corrected chi connectivity index (χ0v) is 55.3. The molecule has 0 aliphatic heterocycles. The van der Waals surface area contributed by atoms with Gasteiger partial charge in [-0.15, -0.1) is 47.7 Å². The van der Waals surface area contributed by atoms with E-state index in [0.29, 0.717) is 36.5 Å². The highest BCUT2D eigenvalue weighted by molar-refractivity contribution is 7.98. The zero-order chi connectivity index (χ0) is 59.4. The number of benzene rings is 3. The van der Waals surface area contributed by atoms with E-state index in [2.05, 4.69) is 213 Å². The van der Waals surface area contributed by atoms with Gasteiger partial charge in [-0.1, -0.05) is 170 Å². The third kappa shape index (κ3) is 15.1. The molecule has 9 rings (SSSR count). The van der Waals surface area contributed by atoms with Crippen molar-refractivity contribution in [3.05, 3.63) is 230 Å². The number of halogens is 1. The number of aromatic nitrogens is 6. The molecule has 0 amide bonds. The van der Waals surface area contributed by atoms with Crippen LogP contribution in [0.15, 0.2) is 161 Å². The van der Waals surface area contributed by atoms with Gasteiger partial charge in [-0.05, 0) is 164 Å². The van der Waals surface area contributed by atoms with E-state index in [1.54, 1.807) is 35.3 Å². The van der Waals surface area contributed by atoms with Crippen molar-refractivity contribution in [1.82, 2.24) is 29.9 Å². The van der Waals surface area contributed by atoms with Crippen LogP contribution in [0.25, 0.3) is 33.4 Å². The Morgan fingerprint density at radius 1 is 0.357 bits per heavy atom. The number of nitrogens with two attached hydrogens (primary N) is 1. The van der Waals surface area contributed by atoms with Gasteiger partial charge in [-0.25, -0.2) is 15.0 Å². The molecule has 11 heteroatoms. The van der Waals surface area contributed by atoms with Crippen molar-refractivity contribution >= 4 is 47.7 Å². The van der Waals surface area contributed by atoms with Gasteiger partial charge in [0.1, 0.15) is 0 Å². The SMILES string of the molecule is Cc1ccc(-c2c(CSc3ccccn3)c(C)nc(CC(C)(C)C)c2C(N)(c2c(CC(C)(C)C)nc(C)c(CSc3ccccn3)c2-c2ccc(C)cc2)c2c(CC(C)(C)C)nc(C)c(CSc3ccccn3)c2-c2ccc(C)cc2)cc1.Cl. The Morgan fingerprint density at radius 3 is 0.821 bits per heavy atom. The van der Waals surface area contributed by atoms with Crippen LogP contribution in [0.1, 0.15) is 147 Å². The largest absolute Gasteiger partial charge is 0.314 e. The van der Waals surface area contributed by atoms with Crippen LogP contribution in [0, 0.1) is 57.8 Å². The number of thioether (sulfide) groups is 3. The van der Waals surface area contributed by atoms with Crippen LogP contribution >= 0.6 is 47.7 Å². The fourth-order valence-electron chi connectivity index (χ4n) is 11.3. The van der Waals surface area contributed by atoms with Gasteiger partial charge in [-0.3, -0.25) is 15.0 Å². The van der Waals surface area contributed by atoms with Crippen molar-refractivity contribution in [2.45, 2.75) is 161 Å². The molecule has 2 N–H and O–H groups in total. The standard InChI is InChI=1S/C73H83N7S3.ClH/c1-46-25-31-52(32-26-46)64-55(43-81-61-22-16-19-37-75-61)49(4)78-58(40-70(7,8)9)67(64)73(74,68-59(41-71(10,11)12)79-50(5)56(44-82-62-23-17-20-38-76-62)65(68)53-33-27-47(2)28-34-53)69-60(42-72(13,14)15)80-51(6)57(45-83-63-24-18-21-39-77-63)66(69)54-35-29-48(3)30-36-54;/h16-39H,40-45,74H2,1-15H3;1H. The van der Waals surface area contributed by atoms with Crippen LogP contribution in [-0.4, -0.2) is 29.9 Å². The smallest absolute Gasteiger partial charge is 0.0994 e. The Bertz CT molecular complexity index is 3310. The Labute approximate surface area is 520 Å². The Hall–Kier alpha value is -6.14. The number of pyridine rings is 6. The maximum atomic E-state index is 9.73. The minimum atomic E-state index is -1.52. The van der Waals surface area contributed by atoms with Gasteiger partial charge in [0.15, 0.2) is 0 Å². The minimum Gasteiger partial charge on any atom is -0.314 e. The number of rotatable bonds is 18. The Morgan fingerprint density at radius 2 is 0.607 bits per heavy atom. The van der Waals surface area contributed by atoms with E-state index in [1.807, 2.05) is 36.8 Å². The van der Waals surface area contributed by atoms with E-state index < -0.39 is 5.54 Å². The van der Waals surface area contributed by atoms with Crippen molar-refractivity contribution in [2.24, 2.45) is 22.0 Å². The second-order valence-electron chi connectivity index (χ2n) is 26.1. The van der Waals surface area contributed by atoms with Gasteiger partial charge in [0.25, 0.3) is 0 Å². The summed E-state index contributed by atoms with van der Waals surface area (Å²) in [5, 5.41) is 2.83. The molecule has 0 atom stereocenters. The Balaban J connectivity index is 0.00000920. The molecule has 0 saturated carbocycles. The average Bonchev–Trinajstić information content (AvgIpc) is 0.731. The highest BCUT2D eigenvalue weighted by atomic mass is 35.5. The normalized spacial score (nSPS) is 12.1. The summed E-state index contributed by atoms with van der Waals surface area (Å²) >= 11 is 5.21. The molecule has 84 heavy (non-hydrogen) atoms. The van der Waals surface area contributed by atoms with Crippen LogP contribution < -0.4 is 5.73 Å². The highest BCUT2D eigenvalue weighted by Gasteiger charge is 2.48. The average molecular weight is 1190 g/mol. The molecular formula is C73H84ClN7S3. The van der Waals surface area contributed by atoms with E-state index in [1.165, 1.54) is 16.7 Å². The zero-order valence-electron chi connectivity index (χ0n) is 52.0. The van der Waals surface area contributed by atoms with Crippen molar-refractivity contribution in [3.8, 4) is 33.4 Å². The fraction of sp³-hybridized carbons (Fsp3) is 0.342. The summed E-state index contributed by atoms with van der Waals surface area (Å²) in [6.07, 6.45) is 7.56. The summed E-state index contributed by atoms with van der Waals surface area (Å²) in [6.45, 7) is 34.1. The molecule has 0 spiro atoms. The summed E-state index contributed by atoms with van der Waals surface area (Å²) < 4.78 is 0. The summed E-state index contributed by atoms with van der Waals surface area (Å²) in [5.41, 5.74) is 29.7. The first-order valence-electron chi connectivity index (χ1n) is 29.1. The van der Waals surface area contributed by atoms with E-state index in [0.717, 1.165) is 116 Å². The number of nitrogens with zero attached hydrogens (tertiary/aromatic N) is 6. The maximum Gasteiger partial charge on any atom is 0.0994 e. The summed E-state index contributed by atoms with van der Waals surface area (Å²) in [6, 6.07) is 45.8. The molecular weight excluding hydrogens is 1110 g/mol. The lowest BCUT2D eigenvalue weighted by Gasteiger charge is -2.43. The molecule has 0 fully saturated rings. The van der Waals surface area contributed by atoms with Crippen molar-refractivity contribution in [1.29, 1.82) is 0 Å². The van der Waals surface area contributed by atoms with Crippen molar-refractivity contribution in [3.63, 3.8) is 0 Å². The van der Waals surface area contributed by atoms with Crippen molar-refractivity contribution in [2.75, 3.05) is 0 Å². The second kappa shape index (κ2) is 26.6. The summed E-state index contributed by atoms with van der Waals surface area (Å²) in [7, 11) is 0. The number of hydrogen-bond acceptors (Lipinski definition) is 10. The molecule has 3 aromatic carbocycles. The third-order valence-corrected chi connectivity index (χ3v) is 18.0. The first-order chi connectivity index (χ1) is 39.4. The summed E-state index contributed by atoms with van der Waals surface area (Å²) in [5.74, 6) is 1.81. The van der Waals surface area contributed by atoms with Gasteiger partial charge in [0.2, 0.25) is 0 Å². The summed E-state index contributed by atoms with van der Waals surface area (Å²) in [4.78, 5) is 32.5. The van der Waals surface area contributed by atoms with Gasteiger partial charge < -0.3 is 5.73 Å². The predicted molar refractivity (Wildman–Crippen MR) is 360 cm³/mol. The van der Waals surface area contributed by atoms with Crippen LogP contribution in [0.5, 0.6) is 0 Å². The van der Waals surface area contributed by atoms with E-state index >= 15 is 0 Å². The highest BCUT2D eigenvalue weighted by Crippen LogP contribution is 2.55. The quantitative estimate of drug-likeness (QED) is 0.0836. The molecule has 9 aromatic rings. The van der Waals surface area contributed by atoms with Gasteiger partial charge >= 0.3 is 0 Å². The molecule has 6 aromatic heterocycles. The molecule has 0 saturated heterocycles. The molecule has 0 aliphatic rings. The van der Waals surface area contributed by atoms with Crippen molar-refractivity contribution < 1.29 is 0 Å². The molecule has 7 nitrogen and oxygen atoms in total. The molecule has 6 heterocycles. The topological polar surface area (TPSA) is 103 Å². The van der Waals surface area contributed by atoms with Gasteiger partial charge in [0.05, 0.1) is 20.6 Å². The monoisotopic (exact) mass is 1190 g/mol. The molecule has 0 unspecified atom stereocenters. The van der Waals surface area contributed by atoms with Crippen LogP contribution in [0.3, 0.4) is 0 Å². The van der Waals surface area contributed by atoms with E-state index in [9.17, 15) is 5.73 Å².